The maximum absolute atomic E-state index is 12.9. The number of ether oxygens (including phenoxy) is 1. The van der Waals surface area contributed by atoms with Crippen LogP contribution in [-0.4, -0.2) is 61.3 Å². The Morgan fingerprint density at radius 2 is 1.44 bits per heavy atom. The Morgan fingerprint density at radius 3 is 1.92 bits per heavy atom. The predicted molar refractivity (Wildman–Crippen MR) is 161 cm³/mol. The van der Waals surface area contributed by atoms with Crippen LogP contribution in [0.15, 0.2) is 48.5 Å². The monoisotopic (exact) mass is 538 g/mol. The minimum atomic E-state index is -0.646. The number of aryl methyl sites for hydroxylation is 2. The number of nitrogens with two attached hydrogens (primary N) is 1. The summed E-state index contributed by atoms with van der Waals surface area (Å²) in [5.74, 6) is -0.181. The zero-order valence-electron chi connectivity index (χ0n) is 24.9. The van der Waals surface area contributed by atoms with E-state index in [2.05, 4.69) is 77.9 Å². The number of alkyl carbamates (subject to hydrolysis) is 1. The molecule has 0 radical (unpaired) electrons. The lowest BCUT2D eigenvalue weighted by Gasteiger charge is -2.26. The Hall–Kier alpha value is -2.90. The number of nitrogens with one attached hydrogen (secondary N) is 2. The van der Waals surface area contributed by atoms with Crippen LogP contribution in [-0.2, 0) is 22.4 Å². The molecule has 0 aliphatic carbocycles. The Bertz CT molecular complexity index is 998. The molecule has 7 heteroatoms. The van der Waals surface area contributed by atoms with Crippen LogP contribution in [0, 0.1) is 0 Å². The fraction of sp³-hybridized carbons (Fsp3) is 0.562. The van der Waals surface area contributed by atoms with Gasteiger partial charge in [-0.2, -0.15) is 0 Å². The minimum absolute atomic E-state index is 0.181. The molecule has 0 saturated carbocycles. The average Bonchev–Trinajstić information content (AvgIpc) is 2.88. The van der Waals surface area contributed by atoms with Crippen molar-refractivity contribution in [3.8, 4) is 11.1 Å². The van der Waals surface area contributed by atoms with Gasteiger partial charge in [0, 0.05) is 19.1 Å². The van der Waals surface area contributed by atoms with Crippen molar-refractivity contribution in [2.75, 3.05) is 26.7 Å². The van der Waals surface area contributed by atoms with Gasteiger partial charge in [0.2, 0.25) is 5.91 Å². The van der Waals surface area contributed by atoms with E-state index in [1.54, 1.807) is 0 Å². The summed E-state index contributed by atoms with van der Waals surface area (Å²) in [5, 5.41) is 5.76. The van der Waals surface area contributed by atoms with E-state index in [9.17, 15) is 9.59 Å². The van der Waals surface area contributed by atoms with Crippen LogP contribution in [0.1, 0.15) is 71.4 Å². The number of carbonyl (C=O) groups is 2. The van der Waals surface area contributed by atoms with Crippen LogP contribution in [0.5, 0.6) is 0 Å². The molecular weight excluding hydrogens is 488 g/mol. The van der Waals surface area contributed by atoms with Crippen LogP contribution in [0.4, 0.5) is 4.79 Å². The van der Waals surface area contributed by atoms with Crippen molar-refractivity contribution in [2.45, 2.75) is 90.8 Å². The van der Waals surface area contributed by atoms with Gasteiger partial charge in [0.1, 0.15) is 11.6 Å². The van der Waals surface area contributed by atoms with E-state index in [0.29, 0.717) is 25.6 Å². The van der Waals surface area contributed by atoms with Crippen molar-refractivity contribution < 1.29 is 14.3 Å². The Kier molecular flexibility index (Phi) is 13.5. The maximum Gasteiger partial charge on any atom is 0.408 e. The zero-order valence-corrected chi connectivity index (χ0v) is 24.9. The third-order valence-corrected chi connectivity index (χ3v) is 6.76. The molecule has 2 aromatic rings. The summed E-state index contributed by atoms with van der Waals surface area (Å²) in [6.45, 7) is 11.6. The number of carbonyl (C=O) groups excluding carboxylic acids is 2. The number of unbranched alkanes of at least 4 members (excludes halogenated alkanes) is 1. The molecule has 0 aliphatic heterocycles. The lowest BCUT2D eigenvalue weighted by molar-refractivity contribution is -0.123. The third kappa shape index (κ3) is 12.7. The topological polar surface area (TPSA) is 96.7 Å². The van der Waals surface area contributed by atoms with Crippen LogP contribution >= 0.6 is 0 Å². The van der Waals surface area contributed by atoms with Crippen LogP contribution in [0.25, 0.3) is 11.1 Å². The number of amides is 2. The Balaban J connectivity index is 1.84. The molecule has 0 aliphatic rings. The van der Waals surface area contributed by atoms with E-state index in [1.807, 2.05) is 27.8 Å². The molecule has 2 aromatic carbocycles. The first kappa shape index (κ1) is 32.3. The normalized spacial score (nSPS) is 12.4. The predicted octanol–water partition coefficient (Wildman–Crippen LogP) is 5.31. The number of hydrogen-bond donors (Lipinski definition) is 3. The summed E-state index contributed by atoms with van der Waals surface area (Å²) in [4.78, 5) is 27.4. The molecule has 0 saturated heterocycles. The van der Waals surface area contributed by atoms with Gasteiger partial charge in [-0.25, -0.2) is 4.79 Å². The Labute approximate surface area is 235 Å². The highest BCUT2D eigenvalue weighted by molar-refractivity contribution is 5.85. The van der Waals surface area contributed by atoms with Gasteiger partial charge < -0.3 is 26.0 Å². The number of rotatable bonds is 15. The van der Waals surface area contributed by atoms with Gasteiger partial charge in [-0.05, 0) is 109 Å². The van der Waals surface area contributed by atoms with Gasteiger partial charge in [0.25, 0.3) is 0 Å². The molecule has 39 heavy (non-hydrogen) atoms. The second-order valence-corrected chi connectivity index (χ2v) is 11.6. The van der Waals surface area contributed by atoms with Crippen LogP contribution < -0.4 is 16.4 Å². The lowest BCUT2D eigenvalue weighted by atomic mass is 9.99. The van der Waals surface area contributed by atoms with Crippen LogP contribution in [0.2, 0.25) is 0 Å². The molecule has 2 rings (SSSR count). The molecular formula is C32H50N4O3. The van der Waals surface area contributed by atoms with E-state index in [4.69, 9.17) is 10.5 Å². The highest BCUT2D eigenvalue weighted by Crippen LogP contribution is 2.21. The number of hydrogen-bond acceptors (Lipinski definition) is 5. The smallest absolute Gasteiger partial charge is 0.408 e. The molecule has 0 unspecified atom stereocenters. The van der Waals surface area contributed by atoms with E-state index in [0.717, 1.165) is 38.6 Å². The van der Waals surface area contributed by atoms with E-state index in [-0.39, 0.29) is 5.91 Å². The summed E-state index contributed by atoms with van der Waals surface area (Å²) < 4.78 is 5.38. The SMILES string of the molecule is CC(C)N(C)CC[C@H](NC(=O)OC(C)(C)C)C(=O)NCCCc1ccc(-c2ccc(CCCCN)cc2)cc1. The molecule has 2 amide bonds. The van der Waals surface area contributed by atoms with Crippen molar-refractivity contribution in [2.24, 2.45) is 5.73 Å². The van der Waals surface area contributed by atoms with Crippen molar-refractivity contribution in [1.82, 2.24) is 15.5 Å². The van der Waals surface area contributed by atoms with E-state index >= 15 is 0 Å². The molecule has 1 atom stereocenters. The van der Waals surface area contributed by atoms with Gasteiger partial charge in [0.05, 0.1) is 0 Å². The van der Waals surface area contributed by atoms with Crippen molar-refractivity contribution in [3.05, 3.63) is 59.7 Å². The van der Waals surface area contributed by atoms with Crippen LogP contribution in [0.3, 0.4) is 0 Å². The van der Waals surface area contributed by atoms with Gasteiger partial charge in [0.15, 0.2) is 0 Å². The second-order valence-electron chi connectivity index (χ2n) is 11.6. The standard InChI is InChI=1S/C32H50N4O3/c1-24(2)36(6)23-20-29(35-31(38)39-32(3,4)5)30(37)34-22-9-11-26-14-18-28(19-15-26)27-16-12-25(13-17-27)10-7-8-21-33/h12-19,24,29H,7-11,20-23,33H2,1-6H3,(H,34,37)(H,35,38)/t29-/m0/s1. The highest BCUT2D eigenvalue weighted by Gasteiger charge is 2.24. The molecule has 0 fully saturated rings. The maximum atomic E-state index is 12.9. The molecule has 4 N–H and O–H groups in total. The summed E-state index contributed by atoms with van der Waals surface area (Å²) in [7, 11) is 2.01. The summed E-state index contributed by atoms with van der Waals surface area (Å²) in [5.41, 5.74) is 9.96. The third-order valence-electron chi connectivity index (χ3n) is 6.76. The zero-order chi connectivity index (χ0) is 28.8. The molecule has 0 spiro atoms. The largest absolute Gasteiger partial charge is 0.444 e. The van der Waals surface area contributed by atoms with Gasteiger partial charge in [-0.1, -0.05) is 48.5 Å². The van der Waals surface area contributed by atoms with Crippen molar-refractivity contribution in [1.29, 1.82) is 0 Å². The summed E-state index contributed by atoms with van der Waals surface area (Å²) >= 11 is 0. The second kappa shape index (κ2) is 16.3. The quantitative estimate of drug-likeness (QED) is 0.267. The summed E-state index contributed by atoms with van der Waals surface area (Å²) in [6.07, 6.45) is 4.87. The first-order valence-electron chi connectivity index (χ1n) is 14.3. The minimum Gasteiger partial charge on any atom is -0.444 e. The molecule has 0 aromatic heterocycles. The first-order chi connectivity index (χ1) is 18.5. The van der Waals surface area contributed by atoms with Gasteiger partial charge in [-0.3, -0.25) is 4.79 Å². The number of nitrogens with zero attached hydrogens (tertiary/aromatic N) is 1. The average molecular weight is 539 g/mol. The van der Waals surface area contributed by atoms with Gasteiger partial charge in [-0.15, -0.1) is 0 Å². The molecule has 0 heterocycles. The fourth-order valence-corrected chi connectivity index (χ4v) is 4.14. The molecule has 0 bridgehead atoms. The Morgan fingerprint density at radius 1 is 0.897 bits per heavy atom. The van der Waals surface area contributed by atoms with E-state index < -0.39 is 17.7 Å². The van der Waals surface area contributed by atoms with Gasteiger partial charge >= 0.3 is 6.09 Å². The highest BCUT2D eigenvalue weighted by atomic mass is 16.6. The summed E-state index contributed by atoms with van der Waals surface area (Å²) in [6, 6.07) is 17.1. The molecule has 7 nitrogen and oxygen atoms in total. The first-order valence-corrected chi connectivity index (χ1v) is 14.3. The fourth-order valence-electron chi connectivity index (χ4n) is 4.14. The van der Waals surface area contributed by atoms with E-state index in [1.165, 1.54) is 22.3 Å². The van der Waals surface area contributed by atoms with Crippen molar-refractivity contribution in [3.63, 3.8) is 0 Å². The molecule has 216 valence electrons. The number of benzene rings is 2. The van der Waals surface area contributed by atoms with Crippen molar-refractivity contribution >= 4 is 12.0 Å². The lowest BCUT2D eigenvalue weighted by Crippen LogP contribution is -2.49.